The molecule has 4 aromatic rings. The fourth-order valence-corrected chi connectivity index (χ4v) is 5.56. The first-order chi connectivity index (χ1) is 13.9. The Morgan fingerprint density at radius 3 is 2.45 bits per heavy atom. The highest BCUT2D eigenvalue weighted by molar-refractivity contribution is 7.98. The van der Waals surface area contributed by atoms with Gasteiger partial charge in [0.05, 0.1) is 32.7 Å². The second-order valence-electron chi connectivity index (χ2n) is 6.44. The molecule has 7 nitrogen and oxygen atoms in total. The van der Waals surface area contributed by atoms with Gasteiger partial charge in [-0.05, 0) is 36.4 Å². The number of hydrogen-bond donors (Lipinski definition) is 2. The lowest BCUT2D eigenvalue weighted by Crippen LogP contribution is -2.30. The molecule has 0 fully saturated rings. The van der Waals surface area contributed by atoms with Crippen LogP contribution in [0, 0.1) is 0 Å². The summed E-state index contributed by atoms with van der Waals surface area (Å²) in [5.74, 6) is 1.32. The van der Waals surface area contributed by atoms with E-state index in [1.54, 1.807) is 18.2 Å². The molecule has 152 valence electrons. The molecule has 0 aliphatic carbocycles. The monoisotopic (exact) mass is 449 g/mol. The fraction of sp³-hybridized carbons (Fsp3) is 0.263. The Bertz CT molecular complexity index is 1280. The van der Waals surface area contributed by atoms with Gasteiger partial charge in [0, 0.05) is 18.1 Å². The van der Waals surface area contributed by atoms with E-state index in [1.807, 2.05) is 32.0 Å². The van der Waals surface area contributed by atoms with Crippen LogP contribution in [0.4, 0.5) is 0 Å². The zero-order valence-corrected chi connectivity index (χ0v) is 18.3. The average molecular weight is 450 g/mol. The first-order valence-corrected chi connectivity index (χ1v) is 12.0. The van der Waals surface area contributed by atoms with E-state index in [2.05, 4.69) is 19.9 Å². The third-order valence-corrected chi connectivity index (χ3v) is 7.78. The second-order valence-corrected chi connectivity index (χ2v) is 9.78. The van der Waals surface area contributed by atoms with E-state index in [1.165, 1.54) is 16.1 Å². The van der Waals surface area contributed by atoms with Gasteiger partial charge >= 0.3 is 0 Å². The van der Waals surface area contributed by atoms with Crippen LogP contribution in [0.15, 0.2) is 46.5 Å². The molecule has 2 N–H and O–H groups in total. The van der Waals surface area contributed by atoms with Gasteiger partial charge in [-0.25, -0.2) is 18.4 Å². The number of nitrogens with one attached hydrogen (secondary N) is 2. The second kappa shape index (κ2) is 7.98. The van der Waals surface area contributed by atoms with Crippen LogP contribution in [-0.2, 0) is 15.8 Å². The number of aromatic nitrogens is 4. The normalized spacial score (nSPS) is 12.4. The van der Waals surface area contributed by atoms with E-state index < -0.39 is 10.0 Å². The SMILES string of the molecule is CCN(CC)S(=O)(=O)c1ccc2nc(CSc3nc4ccc(Cl)cc4[nH]3)[nH]c2c1. The quantitative estimate of drug-likeness (QED) is 0.407. The lowest BCUT2D eigenvalue weighted by atomic mass is 10.3. The topological polar surface area (TPSA) is 94.7 Å². The van der Waals surface area contributed by atoms with Crippen molar-refractivity contribution in [2.45, 2.75) is 29.7 Å². The molecule has 2 aromatic carbocycles. The molecule has 0 aliphatic heterocycles. The highest BCUT2D eigenvalue weighted by atomic mass is 35.5. The van der Waals surface area contributed by atoms with E-state index in [4.69, 9.17) is 11.6 Å². The molecule has 0 unspecified atom stereocenters. The predicted molar refractivity (Wildman–Crippen MR) is 117 cm³/mol. The Morgan fingerprint density at radius 1 is 1.00 bits per heavy atom. The largest absolute Gasteiger partial charge is 0.341 e. The smallest absolute Gasteiger partial charge is 0.243 e. The summed E-state index contributed by atoms with van der Waals surface area (Å²) in [7, 11) is -3.50. The molecular formula is C19H20ClN5O2S2. The van der Waals surface area contributed by atoms with Crippen molar-refractivity contribution in [3.05, 3.63) is 47.2 Å². The van der Waals surface area contributed by atoms with Crippen molar-refractivity contribution in [1.29, 1.82) is 0 Å². The molecule has 2 heterocycles. The number of imidazole rings is 2. The maximum absolute atomic E-state index is 12.7. The van der Waals surface area contributed by atoms with E-state index in [9.17, 15) is 8.42 Å². The van der Waals surface area contributed by atoms with Gasteiger partial charge in [-0.15, -0.1) is 0 Å². The number of sulfonamides is 1. The van der Waals surface area contributed by atoms with Crippen molar-refractivity contribution in [3.63, 3.8) is 0 Å². The number of hydrogen-bond acceptors (Lipinski definition) is 5. The lowest BCUT2D eigenvalue weighted by molar-refractivity contribution is 0.445. The third-order valence-electron chi connectivity index (χ3n) is 4.61. The first kappa shape index (κ1) is 20.2. The zero-order valence-electron chi connectivity index (χ0n) is 15.9. The summed E-state index contributed by atoms with van der Waals surface area (Å²) in [6.07, 6.45) is 0. The molecule has 2 aromatic heterocycles. The Labute approximate surface area is 177 Å². The summed E-state index contributed by atoms with van der Waals surface area (Å²) >= 11 is 7.53. The number of fused-ring (bicyclic) bond motifs is 2. The molecule has 0 atom stereocenters. The van der Waals surface area contributed by atoms with Crippen LogP contribution < -0.4 is 0 Å². The maximum Gasteiger partial charge on any atom is 0.243 e. The molecule has 0 bridgehead atoms. The van der Waals surface area contributed by atoms with Crippen LogP contribution in [0.25, 0.3) is 22.1 Å². The molecule has 4 rings (SSSR count). The lowest BCUT2D eigenvalue weighted by Gasteiger charge is -2.18. The molecule has 0 saturated carbocycles. The minimum Gasteiger partial charge on any atom is -0.341 e. The summed E-state index contributed by atoms with van der Waals surface area (Å²) in [6.45, 7) is 4.53. The Morgan fingerprint density at radius 2 is 1.69 bits per heavy atom. The van der Waals surface area contributed by atoms with E-state index in [-0.39, 0.29) is 4.90 Å². The molecule has 0 saturated heterocycles. The summed E-state index contributed by atoms with van der Waals surface area (Å²) in [5, 5.41) is 1.43. The van der Waals surface area contributed by atoms with Crippen LogP contribution in [-0.4, -0.2) is 45.7 Å². The van der Waals surface area contributed by atoms with E-state index in [0.29, 0.717) is 29.4 Å². The number of nitrogens with zero attached hydrogens (tertiary/aromatic N) is 3. The van der Waals surface area contributed by atoms with E-state index in [0.717, 1.165) is 27.5 Å². The summed E-state index contributed by atoms with van der Waals surface area (Å²) < 4.78 is 26.9. The average Bonchev–Trinajstić information content (AvgIpc) is 3.29. The molecule has 29 heavy (non-hydrogen) atoms. The highest BCUT2D eigenvalue weighted by Crippen LogP contribution is 2.26. The Kier molecular flexibility index (Phi) is 5.56. The van der Waals surface area contributed by atoms with Crippen molar-refractivity contribution < 1.29 is 8.42 Å². The van der Waals surface area contributed by atoms with Crippen molar-refractivity contribution in [2.75, 3.05) is 13.1 Å². The Hall–Kier alpha value is -2.07. The minimum atomic E-state index is -3.50. The third kappa shape index (κ3) is 4.00. The number of rotatable bonds is 7. The van der Waals surface area contributed by atoms with Gasteiger partial charge in [0.25, 0.3) is 0 Å². The van der Waals surface area contributed by atoms with Crippen LogP contribution in [0.3, 0.4) is 0 Å². The summed E-state index contributed by atoms with van der Waals surface area (Å²) in [6, 6.07) is 10.5. The number of halogens is 1. The standard InChI is InChI=1S/C19H20ClN5O2S2/c1-3-25(4-2)29(26,27)13-6-8-14-17(10-13)22-18(21-14)11-28-19-23-15-7-5-12(20)9-16(15)24-19/h5-10H,3-4,11H2,1-2H3,(H,21,22)(H,23,24). The van der Waals surface area contributed by atoms with Gasteiger partial charge in [-0.3, -0.25) is 0 Å². The van der Waals surface area contributed by atoms with Gasteiger partial charge in [0.2, 0.25) is 10.0 Å². The van der Waals surface area contributed by atoms with Crippen molar-refractivity contribution in [2.24, 2.45) is 0 Å². The van der Waals surface area contributed by atoms with Gasteiger partial charge < -0.3 is 9.97 Å². The van der Waals surface area contributed by atoms with Gasteiger partial charge in [0.1, 0.15) is 5.82 Å². The van der Waals surface area contributed by atoms with Crippen LogP contribution in [0.1, 0.15) is 19.7 Å². The summed E-state index contributed by atoms with van der Waals surface area (Å²) in [5.41, 5.74) is 3.17. The van der Waals surface area contributed by atoms with Gasteiger partial charge in [0.15, 0.2) is 5.16 Å². The zero-order chi connectivity index (χ0) is 20.6. The Balaban J connectivity index is 1.55. The molecule has 10 heteroatoms. The van der Waals surface area contributed by atoms with Crippen molar-refractivity contribution >= 4 is 55.5 Å². The van der Waals surface area contributed by atoms with Crippen molar-refractivity contribution in [3.8, 4) is 0 Å². The van der Waals surface area contributed by atoms with Gasteiger partial charge in [-0.1, -0.05) is 37.2 Å². The number of thioether (sulfide) groups is 1. The molecule has 0 amide bonds. The molecule has 0 spiro atoms. The number of benzene rings is 2. The maximum atomic E-state index is 12.7. The van der Waals surface area contributed by atoms with Crippen LogP contribution >= 0.6 is 23.4 Å². The number of aromatic amines is 2. The number of H-pyrrole nitrogens is 2. The molecule has 0 aliphatic rings. The van der Waals surface area contributed by atoms with Gasteiger partial charge in [-0.2, -0.15) is 4.31 Å². The fourth-order valence-electron chi connectivity index (χ4n) is 3.15. The highest BCUT2D eigenvalue weighted by Gasteiger charge is 2.22. The van der Waals surface area contributed by atoms with Crippen molar-refractivity contribution in [1.82, 2.24) is 24.2 Å². The molecule has 0 radical (unpaired) electrons. The van der Waals surface area contributed by atoms with Crippen LogP contribution in [0.2, 0.25) is 5.02 Å². The summed E-state index contributed by atoms with van der Waals surface area (Å²) in [4.78, 5) is 15.8. The van der Waals surface area contributed by atoms with Crippen LogP contribution in [0.5, 0.6) is 0 Å². The minimum absolute atomic E-state index is 0.269. The predicted octanol–water partition coefficient (Wildman–Crippen LogP) is 4.42. The first-order valence-electron chi connectivity index (χ1n) is 9.17. The molecular weight excluding hydrogens is 430 g/mol. The van der Waals surface area contributed by atoms with E-state index >= 15 is 0 Å².